The van der Waals surface area contributed by atoms with Gasteiger partial charge in [-0.15, -0.1) is 0 Å². The fraction of sp³-hybridized carbons (Fsp3) is 0.533. The Kier molecular flexibility index (Phi) is 8.77. The lowest BCUT2D eigenvalue weighted by molar-refractivity contribution is -0.504. The number of carbonyl (C=O) groups excluding carboxylic acids is 1. The summed E-state index contributed by atoms with van der Waals surface area (Å²) in [6, 6.07) is 5.21. The van der Waals surface area contributed by atoms with E-state index in [1.807, 2.05) is 6.92 Å². The van der Waals surface area contributed by atoms with Crippen LogP contribution in [0.5, 0.6) is 0 Å². The predicted molar refractivity (Wildman–Crippen MR) is 89.2 cm³/mol. The Morgan fingerprint density at radius 2 is 2.17 bits per heavy atom. The maximum Gasteiger partial charge on any atom is 0.322 e. The van der Waals surface area contributed by atoms with Crippen LogP contribution in [0.25, 0.3) is 0 Å². The van der Waals surface area contributed by atoms with Gasteiger partial charge in [-0.3, -0.25) is 19.7 Å². The van der Waals surface area contributed by atoms with Crippen LogP contribution in [0.3, 0.4) is 0 Å². The van der Waals surface area contributed by atoms with E-state index in [1.165, 1.54) is 0 Å². The Morgan fingerprint density at radius 3 is 2.71 bits per heavy atom. The molecule has 2 N–H and O–H groups in total. The van der Waals surface area contributed by atoms with Crippen LogP contribution in [0, 0.1) is 16.0 Å². The Labute approximate surface area is 144 Å². The normalized spacial score (nSPS) is 13.0. The predicted octanol–water partition coefficient (Wildman–Crippen LogP) is 2.17. The van der Waals surface area contributed by atoms with Crippen LogP contribution in [0.4, 0.5) is 0 Å². The first-order valence-corrected chi connectivity index (χ1v) is 8.51. The van der Waals surface area contributed by atoms with Crippen LogP contribution in [0.2, 0.25) is 0 Å². The molecule has 1 aromatic rings. The van der Waals surface area contributed by atoms with Crippen molar-refractivity contribution >= 4 is 23.6 Å². The molecule has 1 heterocycles. The van der Waals surface area contributed by atoms with Crippen molar-refractivity contribution in [3.05, 3.63) is 34.5 Å². The molecule has 1 aromatic heterocycles. The van der Waals surface area contributed by atoms with Crippen LogP contribution in [0.1, 0.15) is 32.6 Å². The summed E-state index contributed by atoms with van der Waals surface area (Å²) in [6.45, 7) is 1.48. The molecule has 132 valence electrons. The topological polar surface area (TPSA) is 122 Å². The summed E-state index contributed by atoms with van der Waals surface area (Å²) < 4.78 is 0. The highest BCUT2D eigenvalue weighted by Crippen LogP contribution is 2.32. The van der Waals surface area contributed by atoms with Gasteiger partial charge in [-0.25, -0.2) is 4.98 Å². The lowest BCUT2D eigenvalue weighted by Gasteiger charge is -2.19. The quantitative estimate of drug-likeness (QED) is 0.270. The summed E-state index contributed by atoms with van der Waals surface area (Å²) in [5.74, 6) is -1.83. The number of nitrogens with one attached hydrogen (secondary N) is 1. The molecule has 9 heteroatoms. The molecule has 24 heavy (non-hydrogen) atoms. The minimum absolute atomic E-state index is 0.0606. The van der Waals surface area contributed by atoms with Gasteiger partial charge in [-0.1, -0.05) is 19.4 Å². The van der Waals surface area contributed by atoms with Crippen LogP contribution in [-0.2, 0) is 9.59 Å². The third-order valence-electron chi connectivity index (χ3n) is 3.33. The first kappa shape index (κ1) is 19.9. The van der Waals surface area contributed by atoms with Crippen molar-refractivity contribution in [3.8, 4) is 0 Å². The molecule has 1 amide bonds. The minimum Gasteiger partial charge on any atom is -0.480 e. The number of carboxylic acids is 1. The summed E-state index contributed by atoms with van der Waals surface area (Å²) in [7, 11) is 0. The van der Waals surface area contributed by atoms with Gasteiger partial charge in [0.2, 0.25) is 5.91 Å². The number of hydrogen-bond donors (Lipinski definition) is 2. The Hall–Kier alpha value is -2.16. The summed E-state index contributed by atoms with van der Waals surface area (Å²) in [4.78, 5) is 37.3. The average Bonchev–Trinajstić information content (AvgIpc) is 2.55. The molecular weight excluding hydrogens is 334 g/mol. The zero-order chi connectivity index (χ0) is 17.9. The molecule has 0 saturated heterocycles. The molecule has 0 radical (unpaired) electrons. The number of carboxylic acid groups (broad SMARTS) is 1. The highest BCUT2D eigenvalue weighted by Gasteiger charge is 2.32. The molecule has 0 saturated carbocycles. The number of hydrogen-bond acceptors (Lipinski definition) is 6. The SMILES string of the molecule is CCCC(CCC(=O)NCC(=O)O)C(Sc1ccccn1)[N+](=O)[O-]. The number of rotatable bonds is 11. The van der Waals surface area contributed by atoms with Crippen LogP contribution >= 0.6 is 11.8 Å². The highest BCUT2D eigenvalue weighted by molar-refractivity contribution is 7.99. The van der Waals surface area contributed by atoms with Crippen molar-refractivity contribution in [1.82, 2.24) is 10.3 Å². The number of nitrogens with zero attached hydrogens (tertiary/aromatic N) is 2. The second-order valence-corrected chi connectivity index (χ2v) is 6.36. The molecule has 1 rings (SSSR count). The smallest absolute Gasteiger partial charge is 0.322 e. The molecule has 0 aliphatic carbocycles. The van der Waals surface area contributed by atoms with Gasteiger partial charge in [0, 0.05) is 23.5 Å². The van der Waals surface area contributed by atoms with Crippen molar-refractivity contribution < 1.29 is 19.6 Å². The zero-order valence-corrected chi connectivity index (χ0v) is 14.2. The van der Waals surface area contributed by atoms with Crippen molar-refractivity contribution in [1.29, 1.82) is 0 Å². The van der Waals surface area contributed by atoms with E-state index in [0.717, 1.165) is 18.2 Å². The van der Waals surface area contributed by atoms with Crippen molar-refractivity contribution in [2.75, 3.05) is 6.54 Å². The number of carbonyl (C=O) groups is 2. The molecule has 0 bridgehead atoms. The second kappa shape index (κ2) is 10.6. The lowest BCUT2D eigenvalue weighted by atomic mass is 9.97. The van der Waals surface area contributed by atoms with Crippen molar-refractivity contribution in [2.45, 2.75) is 43.0 Å². The summed E-state index contributed by atoms with van der Waals surface area (Å²) in [5.41, 5.74) is 0. The number of amides is 1. The number of aromatic nitrogens is 1. The van der Waals surface area contributed by atoms with E-state index in [9.17, 15) is 19.7 Å². The van der Waals surface area contributed by atoms with Gasteiger partial charge in [-0.05, 0) is 36.7 Å². The molecule has 8 nitrogen and oxygen atoms in total. The number of thioether (sulfide) groups is 1. The lowest BCUT2D eigenvalue weighted by Crippen LogP contribution is -2.31. The largest absolute Gasteiger partial charge is 0.480 e. The second-order valence-electron chi connectivity index (χ2n) is 5.22. The molecule has 0 aliphatic heterocycles. The van der Waals surface area contributed by atoms with Gasteiger partial charge in [0.25, 0.3) is 5.37 Å². The molecule has 2 atom stereocenters. The molecule has 0 spiro atoms. The van der Waals surface area contributed by atoms with Gasteiger partial charge >= 0.3 is 5.97 Å². The first-order valence-electron chi connectivity index (χ1n) is 7.63. The number of nitro groups is 1. The van der Waals surface area contributed by atoms with E-state index in [0.29, 0.717) is 17.9 Å². The van der Waals surface area contributed by atoms with E-state index in [2.05, 4.69) is 10.3 Å². The van der Waals surface area contributed by atoms with Gasteiger partial charge in [0.15, 0.2) is 0 Å². The summed E-state index contributed by atoms with van der Waals surface area (Å²) in [5, 5.41) is 21.9. The number of pyridine rings is 1. The standard InChI is InChI=1S/C15H21N3O5S/c1-2-5-11(7-8-12(19)17-10-14(20)21)15(18(22)23)24-13-6-3-4-9-16-13/h3-4,6,9,11,15H,2,5,7-8,10H2,1H3,(H,17,19)(H,20,21). The van der Waals surface area contributed by atoms with Gasteiger partial charge in [0.1, 0.15) is 11.6 Å². The number of aliphatic carboxylic acids is 1. The van der Waals surface area contributed by atoms with Gasteiger partial charge < -0.3 is 10.4 Å². The third-order valence-corrected chi connectivity index (χ3v) is 4.61. The summed E-state index contributed by atoms with van der Waals surface area (Å²) >= 11 is 1.08. The average molecular weight is 355 g/mol. The van der Waals surface area contributed by atoms with E-state index < -0.39 is 23.8 Å². The molecular formula is C15H21N3O5S. The van der Waals surface area contributed by atoms with E-state index in [1.54, 1.807) is 24.4 Å². The Bertz CT molecular complexity index is 555. The fourth-order valence-electron chi connectivity index (χ4n) is 2.23. The van der Waals surface area contributed by atoms with E-state index in [-0.39, 0.29) is 17.3 Å². The summed E-state index contributed by atoms with van der Waals surface area (Å²) in [6.07, 6.45) is 3.33. The van der Waals surface area contributed by atoms with Gasteiger partial charge in [0.05, 0.1) is 0 Å². The third kappa shape index (κ3) is 7.40. The van der Waals surface area contributed by atoms with E-state index >= 15 is 0 Å². The fourth-order valence-corrected chi connectivity index (χ4v) is 3.31. The molecule has 0 fully saturated rings. The van der Waals surface area contributed by atoms with Crippen molar-refractivity contribution in [2.24, 2.45) is 5.92 Å². The van der Waals surface area contributed by atoms with Gasteiger partial charge in [-0.2, -0.15) is 0 Å². The molecule has 2 unspecified atom stereocenters. The van der Waals surface area contributed by atoms with Crippen molar-refractivity contribution in [3.63, 3.8) is 0 Å². The Morgan fingerprint density at radius 1 is 1.42 bits per heavy atom. The monoisotopic (exact) mass is 355 g/mol. The maximum atomic E-state index is 11.6. The van der Waals surface area contributed by atoms with Crippen LogP contribution in [0.15, 0.2) is 29.4 Å². The van der Waals surface area contributed by atoms with Crippen LogP contribution < -0.4 is 5.32 Å². The Balaban J connectivity index is 2.68. The zero-order valence-electron chi connectivity index (χ0n) is 13.4. The maximum absolute atomic E-state index is 11.6. The highest BCUT2D eigenvalue weighted by atomic mass is 32.2. The minimum atomic E-state index is -1.12. The first-order chi connectivity index (χ1) is 11.4. The van der Waals surface area contributed by atoms with E-state index in [4.69, 9.17) is 5.11 Å². The van der Waals surface area contributed by atoms with Crippen LogP contribution in [-0.4, -0.2) is 38.8 Å². The molecule has 0 aliphatic rings. The molecule has 0 aromatic carbocycles.